The highest BCUT2D eigenvalue weighted by atomic mass is 16.6. The summed E-state index contributed by atoms with van der Waals surface area (Å²) in [5.41, 5.74) is -0.190. The quantitative estimate of drug-likeness (QED) is 0.328. The molecule has 2 aromatic rings. The van der Waals surface area contributed by atoms with Gasteiger partial charge >= 0.3 is 6.09 Å². The van der Waals surface area contributed by atoms with Crippen LogP contribution < -0.4 is 15.4 Å². The van der Waals surface area contributed by atoms with Crippen LogP contribution in [0, 0.1) is 0 Å². The Morgan fingerprint density at radius 3 is 2.25 bits per heavy atom. The Morgan fingerprint density at radius 2 is 1.72 bits per heavy atom. The molecule has 0 fully saturated rings. The van der Waals surface area contributed by atoms with Crippen LogP contribution in [-0.4, -0.2) is 76.6 Å². The van der Waals surface area contributed by atoms with Crippen LogP contribution in [0.3, 0.4) is 0 Å². The van der Waals surface area contributed by atoms with Crippen molar-refractivity contribution in [1.82, 2.24) is 10.2 Å². The number of nitrogens with one attached hydrogen (secondary N) is 2. The maximum absolute atomic E-state index is 13.4. The van der Waals surface area contributed by atoms with Gasteiger partial charge in [0, 0.05) is 12.2 Å². The fraction of sp³-hybridized carbons (Fsp3) is 0.400. The minimum atomic E-state index is -1.46. The van der Waals surface area contributed by atoms with Crippen molar-refractivity contribution in [3.8, 4) is 11.5 Å². The van der Waals surface area contributed by atoms with Gasteiger partial charge in [-0.1, -0.05) is 12.1 Å². The Labute approximate surface area is 209 Å². The van der Waals surface area contributed by atoms with Crippen LogP contribution in [0.15, 0.2) is 48.5 Å². The number of amides is 3. The Bertz CT molecular complexity index is 1040. The Hall–Kier alpha value is -3.83. The first-order chi connectivity index (χ1) is 17.0. The molecule has 5 N–H and O–H groups in total. The van der Waals surface area contributed by atoms with E-state index in [1.807, 2.05) is 0 Å². The molecule has 11 heteroatoms. The number of anilines is 1. The minimum Gasteiger partial charge on any atom is -0.508 e. The molecule has 0 heterocycles. The van der Waals surface area contributed by atoms with Crippen LogP contribution in [-0.2, 0) is 14.3 Å². The molecule has 0 saturated heterocycles. The van der Waals surface area contributed by atoms with E-state index in [4.69, 9.17) is 9.47 Å². The van der Waals surface area contributed by atoms with Gasteiger partial charge in [0.15, 0.2) is 0 Å². The number of aliphatic hydroxyl groups excluding tert-OH is 2. The lowest BCUT2D eigenvalue weighted by molar-refractivity contribution is -0.142. The first-order valence-electron chi connectivity index (χ1n) is 11.2. The van der Waals surface area contributed by atoms with Gasteiger partial charge in [-0.15, -0.1) is 0 Å². The number of phenolic OH excluding ortho intramolecular Hbond substituents is 1. The molecule has 2 rings (SSSR count). The zero-order valence-corrected chi connectivity index (χ0v) is 20.7. The highest BCUT2D eigenvalue weighted by molar-refractivity contribution is 5.99. The van der Waals surface area contributed by atoms with Crippen LogP contribution >= 0.6 is 0 Å². The molecule has 0 aliphatic carbocycles. The number of aliphatic hydroxyl groups is 2. The second-order valence-electron chi connectivity index (χ2n) is 8.85. The number of hydrogen-bond acceptors (Lipinski definition) is 8. The molecule has 0 aliphatic heterocycles. The third-order valence-electron chi connectivity index (χ3n) is 4.90. The van der Waals surface area contributed by atoms with E-state index in [1.165, 1.54) is 31.4 Å². The highest BCUT2D eigenvalue weighted by Crippen LogP contribution is 2.27. The van der Waals surface area contributed by atoms with Crippen molar-refractivity contribution in [2.75, 3.05) is 32.2 Å². The Kier molecular flexibility index (Phi) is 10.1. The number of benzene rings is 2. The van der Waals surface area contributed by atoms with Crippen molar-refractivity contribution in [1.29, 1.82) is 0 Å². The Morgan fingerprint density at radius 1 is 1.06 bits per heavy atom. The molecule has 0 aliphatic rings. The minimum absolute atomic E-state index is 0.142. The van der Waals surface area contributed by atoms with Gasteiger partial charge in [-0.3, -0.25) is 9.59 Å². The SMILES string of the molecule is COc1ccc(NC(=O)C(c2cccc(O)c2)N(CCO)C(=O)C(CO)NC(=O)OC(C)(C)C)cc1. The standard InChI is InChI=1S/C25H33N3O8/c1-25(2,3)36-24(34)27-20(15-30)23(33)28(12-13-29)21(16-6-5-7-18(31)14-16)22(32)26-17-8-10-19(35-4)11-9-17/h5-11,14,20-21,29-31H,12-13,15H2,1-4H3,(H,26,32)(H,27,34). The first kappa shape index (κ1) is 28.4. The topological polar surface area (TPSA) is 158 Å². The summed E-state index contributed by atoms with van der Waals surface area (Å²) in [7, 11) is 1.51. The number of phenols is 1. The van der Waals surface area contributed by atoms with Crippen molar-refractivity contribution < 1.29 is 39.2 Å². The lowest BCUT2D eigenvalue weighted by Crippen LogP contribution is -2.54. The van der Waals surface area contributed by atoms with E-state index in [2.05, 4.69) is 10.6 Å². The molecule has 36 heavy (non-hydrogen) atoms. The number of alkyl carbamates (subject to hydrolysis) is 1. The molecule has 2 aromatic carbocycles. The molecule has 0 bridgehead atoms. The zero-order chi connectivity index (χ0) is 26.9. The van der Waals surface area contributed by atoms with Gasteiger partial charge in [0.05, 0.1) is 20.3 Å². The van der Waals surface area contributed by atoms with Crippen LogP contribution in [0.5, 0.6) is 11.5 Å². The number of nitrogens with zero attached hydrogens (tertiary/aromatic N) is 1. The predicted octanol–water partition coefficient (Wildman–Crippen LogP) is 1.79. The fourth-order valence-electron chi connectivity index (χ4n) is 3.36. The second-order valence-corrected chi connectivity index (χ2v) is 8.85. The molecule has 2 atom stereocenters. The Balaban J connectivity index is 2.41. The van der Waals surface area contributed by atoms with E-state index in [1.54, 1.807) is 45.0 Å². The van der Waals surface area contributed by atoms with Gasteiger partial charge in [-0.25, -0.2) is 4.79 Å². The summed E-state index contributed by atoms with van der Waals surface area (Å²) in [5.74, 6) is -1.05. The average Bonchev–Trinajstić information content (AvgIpc) is 2.81. The van der Waals surface area contributed by atoms with Gasteiger partial charge in [0.1, 0.15) is 29.2 Å². The third-order valence-corrected chi connectivity index (χ3v) is 4.90. The second kappa shape index (κ2) is 12.8. The lowest BCUT2D eigenvalue weighted by atomic mass is 10.0. The van der Waals surface area contributed by atoms with Crippen molar-refractivity contribution in [2.24, 2.45) is 0 Å². The molecule has 196 valence electrons. The number of carbonyl (C=O) groups is 3. The molecule has 0 saturated carbocycles. The van der Waals surface area contributed by atoms with Crippen molar-refractivity contribution >= 4 is 23.6 Å². The fourth-order valence-corrected chi connectivity index (χ4v) is 3.36. The normalized spacial score (nSPS) is 12.7. The highest BCUT2D eigenvalue weighted by Gasteiger charge is 2.36. The van der Waals surface area contributed by atoms with E-state index in [9.17, 15) is 29.7 Å². The van der Waals surface area contributed by atoms with Crippen LogP contribution in [0.2, 0.25) is 0 Å². The molecular formula is C25H33N3O8. The van der Waals surface area contributed by atoms with Gasteiger partial charge in [-0.2, -0.15) is 0 Å². The maximum Gasteiger partial charge on any atom is 0.408 e. The van der Waals surface area contributed by atoms with Crippen molar-refractivity contribution in [3.63, 3.8) is 0 Å². The number of hydrogen-bond donors (Lipinski definition) is 5. The van der Waals surface area contributed by atoms with E-state index in [0.717, 1.165) is 4.90 Å². The van der Waals surface area contributed by atoms with Gasteiger partial charge < -0.3 is 40.3 Å². The van der Waals surface area contributed by atoms with Crippen molar-refractivity contribution in [2.45, 2.75) is 38.5 Å². The summed E-state index contributed by atoms with van der Waals surface area (Å²) in [6.07, 6.45) is -0.935. The smallest absolute Gasteiger partial charge is 0.408 e. The summed E-state index contributed by atoms with van der Waals surface area (Å²) in [6, 6.07) is 9.46. The van der Waals surface area contributed by atoms with Crippen LogP contribution in [0.4, 0.5) is 10.5 Å². The summed E-state index contributed by atoms with van der Waals surface area (Å²) >= 11 is 0. The van der Waals surface area contributed by atoms with E-state index in [0.29, 0.717) is 11.4 Å². The molecule has 0 spiro atoms. The molecule has 11 nitrogen and oxygen atoms in total. The van der Waals surface area contributed by atoms with Gasteiger partial charge in [0.25, 0.3) is 5.91 Å². The lowest BCUT2D eigenvalue weighted by Gasteiger charge is -2.33. The summed E-state index contributed by atoms with van der Waals surface area (Å²) in [5, 5.41) is 34.6. The average molecular weight is 504 g/mol. The van der Waals surface area contributed by atoms with Gasteiger partial charge in [-0.05, 0) is 62.7 Å². The molecular weight excluding hydrogens is 470 g/mol. The van der Waals surface area contributed by atoms with E-state index >= 15 is 0 Å². The first-order valence-corrected chi connectivity index (χ1v) is 11.2. The van der Waals surface area contributed by atoms with Crippen molar-refractivity contribution in [3.05, 3.63) is 54.1 Å². The molecule has 2 unspecified atom stereocenters. The monoisotopic (exact) mass is 503 g/mol. The third kappa shape index (κ3) is 8.14. The number of methoxy groups -OCH3 is 1. The van der Waals surface area contributed by atoms with Gasteiger partial charge in [0.2, 0.25) is 5.91 Å². The van der Waals surface area contributed by atoms with Crippen LogP contribution in [0.1, 0.15) is 32.4 Å². The number of ether oxygens (including phenoxy) is 2. The molecule has 3 amide bonds. The zero-order valence-electron chi connectivity index (χ0n) is 20.7. The number of aromatic hydroxyl groups is 1. The summed E-state index contributed by atoms with van der Waals surface area (Å²) in [6.45, 7) is 3.32. The molecule has 0 aromatic heterocycles. The number of carbonyl (C=O) groups excluding carboxylic acids is 3. The summed E-state index contributed by atoms with van der Waals surface area (Å²) < 4.78 is 10.3. The largest absolute Gasteiger partial charge is 0.508 e. The maximum atomic E-state index is 13.4. The predicted molar refractivity (Wildman–Crippen MR) is 132 cm³/mol. The summed E-state index contributed by atoms with van der Waals surface area (Å²) in [4.78, 5) is 40.1. The van der Waals surface area contributed by atoms with E-state index < -0.39 is 48.8 Å². The molecule has 0 radical (unpaired) electrons. The van der Waals surface area contributed by atoms with Crippen LogP contribution in [0.25, 0.3) is 0 Å². The van der Waals surface area contributed by atoms with E-state index in [-0.39, 0.29) is 17.9 Å². The number of rotatable bonds is 10.